The van der Waals surface area contributed by atoms with E-state index < -0.39 is 12.3 Å². The second-order valence-corrected chi connectivity index (χ2v) is 7.17. The number of hydrogen-bond donors (Lipinski definition) is 0. The number of carbonyl (C=O) groups excluding carboxylic acids is 1. The minimum Gasteiger partial charge on any atom is -0.491 e. The predicted molar refractivity (Wildman–Crippen MR) is 107 cm³/mol. The molecule has 1 unspecified atom stereocenters. The third-order valence-corrected chi connectivity index (χ3v) is 4.27. The lowest BCUT2D eigenvalue weighted by Crippen LogP contribution is -2.20. The zero-order chi connectivity index (χ0) is 20.0. The fourth-order valence-electron chi connectivity index (χ4n) is 2.77. The summed E-state index contributed by atoms with van der Waals surface area (Å²) in [5.74, 6) is 1.00. The second kappa shape index (κ2) is 8.76. The van der Waals surface area contributed by atoms with Crippen LogP contribution in [0.4, 0.5) is 0 Å². The van der Waals surface area contributed by atoms with Crippen LogP contribution in [0.1, 0.15) is 45.7 Å². The first-order chi connectivity index (χ1) is 12.7. The Morgan fingerprint density at radius 1 is 0.889 bits per heavy atom. The Morgan fingerprint density at radius 2 is 1.33 bits per heavy atom. The summed E-state index contributed by atoms with van der Waals surface area (Å²) in [6, 6.07) is 16.0. The van der Waals surface area contributed by atoms with Crippen LogP contribution in [0.2, 0.25) is 0 Å². The number of rotatable bonds is 8. The van der Waals surface area contributed by atoms with Gasteiger partial charge in [0.25, 0.3) is 0 Å². The largest absolute Gasteiger partial charge is 0.491 e. The third-order valence-electron chi connectivity index (χ3n) is 4.27. The molecule has 2 rings (SSSR count). The predicted octanol–water partition coefficient (Wildman–Crippen LogP) is 5.25. The van der Waals surface area contributed by atoms with Gasteiger partial charge in [0.1, 0.15) is 11.5 Å². The Balaban J connectivity index is 2.10. The summed E-state index contributed by atoms with van der Waals surface area (Å²) in [6.07, 6.45) is 0.593. The van der Waals surface area contributed by atoms with Gasteiger partial charge in [0.05, 0.1) is 6.10 Å². The topological polar surface area (TPSA) is 44.8 Å². The van der Waals surface area contributed by atoms with Crippen LogP contribution in [-0.2, 0) is 14.9 Å². The Morgan fingerprint density at radius 3 is 1.74 bits per heavy atom. The number of ether oxygens (including phenoxy) is 3. The van der Waals surface area contributed by atoms with Crippen molar-refractivity contribution in [3.8, 4) is 11.5 Å². The van der Waals surface area contributed by atoms with Crippen molar-refractivity contribution in [3.63, 3.8) is 0 Å². The number of benzene rings is 2. The molecule has 2 aromatic rings. The number of esters is 1. The molecule has 0 saturated carbocycles. The molecule has 0 amide bonds. The normalized spacial score (nSPS) is 12.4. The van der Waals surface area contributed by atoms with E-state index in [2.05, 4.69) is 32.6 Å². The zero-order valence-electron chi connectivity index (χ0n) is 16.7. The van der Waals surface area contributed by atoms with E-state index in [4.69, 9.17) is 14.2 Å². The highest BCUT2D eigenvalue weighted by molar-refractivity contribution is 5.81. The van der Waals surface area contributed by atoms with E-state index in [1.807, 2.05) is 50.2 Å². The average molecular weight is 368 g/mol. The Labute approximate surface area is 161 Å². The van der Waals surface area contributed by atoms with Crippen LogP contribution in [0.15, 0.2) is 61.2 Å². The summed E-state index contributed by atoms with van der Waals surface area (Å²) in [5.41, 5.74) is 2.18. The van der Waals surface area contributed by atoms with Gasteiger partial charge in [-0.05, 0) is 49.2 Å². The second-order valence-electron chi connectivity index (χ2n) is 7.17. The van der Waals surface area contributed by atoms with E-state index in [0.29, 0.717) is 5.75 Å². The molecule has 0 spiro atoms. The van der Waals surface area contributed by atoms with E-state index in [0.717, 1.165) is 17.4 Å². The first kappa shape index (κ1) is 20.6. The fourth-order valence-corrected chi connectivity index (χ4v) is 2.77. The molecule has 0 bridgehead atoms. The van der Waals surface area contributed by atoms with Crippen molar-refractivity contribution in [3.05, 3.63) is 72.3 Å². The summed E-state index contributed by atoms with van der Waals surface area (Å²) < 4.78 is 16.3. The van der Waals surface area contributed by atoms with Gasteiger partial charge in [-0.2, -0.15) is 0 Å². The Bertz CT molecular complexity index is 758. The summed E-state index contributed by atoms with van der Waals surface area (Å²) in [4.78, 5) is 11.2. The molecule has 0 heterocycles. The van der Waals surface area contributed by atoms with Crippen molar-refractivity contribution in [2.75, 3.05) is 0 Å². The Hall–Kier alpha value is -2.75. The molecule has 0 N–H and O–H groups in total. The average Bonchev–Trinajstić information content (AvgIpc) is 2.62. The molecule has 4 nitrogen and oxygen atoms in total. The highest BCUT2D eigenvalue weighted by Gasteiger charge is 2.23. The van der Waals surface area contributed by atoms with Crippen molar-refractivity contribution < 1.29 is 19.0 Å². The van der Waals surface area contributed by atoms with E-state index in [9.17, 15) is 4.79 Å². The molecule has 0 aliphatic heterocycles. The van der Waals surface area contributed by atoms with Gasteiger partial charge in [-0.1, -0.05) is 44.7 Å². The summed E-state index contributed by atoms with van der Waals surface area (Å²) in [5, 5.41) is 0. The van der Waals surface area contributed by atoms with Gasteiger partial charge in [-0.15, -0.1) is 0 Å². The molecule has 0 saturated heterocycles. The van der Waals surface area contributed by atoms with Crippen LogP contribution in [0.3, 0.4) is 0 Å². The summed E-state index contributed by atoms with van der Waals surface area (Å²) in [7, 11) is 0. The molecular weight excluding hydrogens is 340 g/mol. The van der Waals surface area contributed by atoms with Crippen molar-refractivity contribution >= 4 is 5.97 Å². The van der Waals surface area contributed by atoms with Gasteiger partial charge in [0.15, 0.2) is 0 Å². The minimum atomic E-state index is -0.678. The van der Waals surface area contributed by atoms with Gasteiger partial charge in [0, 0.05) is 18.4 Å². The highest BCUT2D eigenvalue weighted by Crippen LogP contribution is 2.33. The molecular formula is C23H28O4. The molecule has 1 atom stereocenters. The van der Waals surface area contributed by atoms with Crippen molar-refractivity contribution in [2.45, 2.75) is 52.4 Å². The molecule has 4 heteroatoms. The van der Waals surface area contributed by atoms with Gasteiger partial charge >= 0.3 is 5.97 Å². The maximum atomic E-state index is 11.2. The van der Waals surface area contributed by atoms with Crippen LogP contribution in [0.5, 0.6) is 11.5 Å². The first-order valence-electron chi connectivity index (χ1n) is 9.10. The molecule has 0 radical (unpaired) electrons. The zero-order valence-corrected chi connectivity index (χ0v) is 16.7. The fraction of sp³-hybridized carbons (Fsp3) is 0.348. The molecule has 2 aromatic carbocycles. The van der Waals surface area contributed by atoms with Crippen molar-refractivity contribution in [2.24, 2.45) is 0 Å². The maximum Gasteiger partial charge on any atom is 0.333 e. The quantitative estimate of drug-likeness (QED) is 0.362. The van der Waals surface area contributed by atoms with E-state index in [-0.39, 0.29) is 11.5 Å². The molecule has 0 aliphatic rings. The molecule has 0 aliphatic carbocycles. The standard InChI is InChI=1S/C23H28O4/c1-7-22(24)27-17(4)26-21-14-10-19(11-15-21)23(5,6)18-8-12-20(13-9-18)25-16(2)3/h7-17H,1H2,2-6H3. The number of hydrogen-bond acceptors (Lipinski definition) is 4. The first-order valence-corrected chi connectivity index (χ1v) is 9.10. The van der Waals surface area contributed by atoms with Crippen molar-refractivity contribution in [1.82, 2.24) is 0 Å². The lowest BCUT2D eigenvalue weighted by Gasteiger charge is -2.27. The van der Waals surface area contributed by atoms with E-state index >= 15 is 0 Å². The van der Waals surface area contributed by atoms with Crippen LogP contribution in [0, 0.1) is 0 Å². The lowest BCUT2D eigenvalue weighted by atomic mass is 9.78. The molecule has 27 heavy (non-hydrogen) atoms. The van der Waals surface area contributed by atoms with E-state index in [1.165, 1.54) is 5.56 Å². The van der Waals surface area contributed by atoms with Gasteiger partial charge in [0.2, 0.25) is 6.29 Å². The van der Waals surface area contributed by atoms with Crippen LogP contribution in [0.25, 0.3) is 0 Å². The summed E-state index contributed by atoms with van der Waals surface area (Å²) in [6.45, 7) is 13.4. The van der Waals surface area contributed by atoms with Crippen molar-refractivity contribution in [1.29, 1.82) is 0 Å². The van der Waals surface area contributed by atoms with Crippen LogP contribution in [-0.4, -0.2) is 18.4 Å². The molecule has 0 aromatic heterocycles. The number of carbonyl (C=O) groups is 1. The van der Waals surface area contributed by atoms with E-state index in [1.54, 1.807) is 6.92 Å². The molecule has 0 fully saturated rings. The minimum absolute atomic E-state index is 0.157. The lowest BCUT2D eigenvalue weighted by molar-refractivity contribution is -0.154. The van der Waals surface area contributed by atoms with Crippen LogP contribution < -0.4 is 9.47 Å². The molecule has 144 valence electrons. The monoisotopic (exact) mass is 368 g/mol. The van der Waals surface area contributed by atoms with Gasteiger partial charge in [-0.25, -0.2) is 4.79 Å². The van der Waals surface area contributed by atoms with Gasteiger partial charge < -0.3 is 14.2 Å². The Kier molecular flexibility index (Phi) is 6.67. The van der Waals surface area contributed by atoms with Gasteiger partial charge in [-0.3, -0.25) is 0 Å². The smallest absolute Gasteiger partial charge is 0.333 e. The summed E-state index contributed by atoms with van der Waals surface area (Å²) >= 11 is 0. The van der Waals surface area contributed by atoms with Crippen LogP contribution >= 0.6 is 0 Å². The SMILES string of the molecule is C=CC(=O)OC(C)Oc1ccc(C(C)(C)c2ccc(OC(C)C)cc2)cc1. The highest BCUT2D eigenvalue weighted by atomic mass is 16.7. The maximum absolute atomic E-state index is 11.2. The third kappa shape index (κ3) is 5.61.